The fraction of sp³-hybridized carbons (Fsp3) is 0.500. The number of benzene rings is 2. The topological polar surface area (TPSA) is 105 Å². The molecule has 182 valence electrons. The van der Waals surface area contributed by atoms with E-state index in [9.17, 15) is 20.1 Å². The Hall–Kier alpha value is -3.09. The Kier molecular flexibility index (Phi) is 10.2. The minimum atomic E-state index is -0.602. The third kappa shape index (κ3) is 6.94. The number of phenols is 3. The molecule has 2 aromatic carbocycles. The first-order chi connectivity index (χ1) is 15.8. The monoisotopic (exact) mass is 460 g/mol. The first-order valence-electron chi connectivity index (χ1n) is 11.6. The van der Waals surface area contributed by atoms with Gasteiger partial charge in [0.25, 0.3) is 0 Å². The van der Waals surface area contributed by atoms with Crippen LogP contribution in [0.25, 0.3) is 0 Å². The van der Waals surface area contributed by atoms with Crippen molar-refractivity contribution in [3.05, 3.63) is 40.5 Å². The minimum absolute atomic E-state index is 0.0308. The molecule has 0 aliphatic heterocycles. The van der Waals surface area contributed by atoms with E-state index in [1.807, 2.05) is 19.9 Å². The van der Waals surface area contributed by atoms with E-state index in [1.54, 1.807) is 19.9 Å². The zero-order chi connectivity index (χ0) is 24.4. The van der Waals surface area contributed by atoms with Crippen LogP contribution in [0.5, 0.6) is 28.7 Å². The van der Waals surface area contributed by atoms with Crippen molar-refractivity contribution in [2.24, 2.45) is 0 Å². The number of ether oxygens (including phenoxy) is 3. The third-order valence-corrected chi connectivity index (χ3v) is 5.46. The maximum Gasteiger partial charge on any atom is 0.342 e. The normalized spacial score (nSPS) is 10.8. The standard InChI is InChI=1S/C26H36O7/c1-5-14-33-25-21(13-12-20(24(25)29)26(30)31-6-2)32-15-10-8-7-9-11-19-16-17(3)22(27)23(28)18(19)4/h12-13,16,27-29H,5-11,14-15H2,1-4H3. The molecule has 0 saturated heterocycles. The van der Waals surface area contributed by atoms with Crippen LogP contribution in [0.3, 0.4) is 0 Å². The first-order valence-corrected chi connectivity index (χ1v) is 11.6. The van der Waals surface area contributed by atoms with Crippen molar-refractivity contribution in [2.45, 2.75) is 66.2 Å². The van der Waals surface area contributed by atoms with Crippen molar-refractivity contribution in [1.82, 2.24) is 0 Å². The van der Waals surface area contributed by atoms with E-state index in [0.717, 1.165) is 49.7 Å². The number of aromatic hydroxyl groups is 3. The molecule has 0 saturated carbocycles. The second-order valence-electron chi connectivity index (χ2n) is 8.05. The molecule has 2 aromatic rings. The van der Waals surface area contributed by atoms with E-state index in [-0.39, 0.29) is 35.2 Å². The number of carbonyl (C=O) groups excluding carboxylic acids is 1. The second kappa shape index (κ2) is 12.8. The maximum atomic E-state index is 12.0. The smallest absolute Gasteiger partial charge is 0.342 e. The van der Waals surface area contributed by atoms with Crippen molar-refractivity contribution in [3.63, 3.8) is 0 Å². The van der Waals surface area contributed by atoms with Crippen molar-refractivity contribution in [2.75, 3.05) is 19.8 Å². The molecule has 3 N–H and O–H groups in total. The molecule has 0 spiro atoms. The van der Waals surface area contributed by atoms with Gasteiger partial charge in [-0.25, -0.2) is 4.79 Å². The van der Waals surface area contributed by atoms with Crippen LogP contribution in [0.4, 0.5) is 0 Å². The lowest BCUT2D eigenvalue weighted by atomic mass is 9.98. The van der Waals surface area contributed by atoms with Crippen LogP contribution in [0, 0.1) is 13.8 Å². The predicted molar refractivity (Wildman–Crippen MR) is 127 cm³/mol. The zero-order valence-corrected chi connectivity index (χ0v) is 20.1. The number of hydrogen-bond acceptors (Lipinski definition) is 7. The molecule has 0 aliphatic carbocycles. The van der Waals surface area contributed by atoms with Crippen molar-refractivity contribution < 1.29 is 34.3 Å². The summed E-state index contributed by atoms with van der Waals surface area (Å²) in [6.07, 6.45) is 5.33. The molecule has 2 rings (SSSR count). The SMILES string of the molecule is CCCOc1c(OCCCCCCc2cc(C)c(O)c(O)c2C)ccc(C(=O)OCC)c1O. The zero-order valence-electron chi connectivity index (χ0n) is 20.1. The first kappa shape index (κ1) is 26.2. The molecule has 7 heteroatoms. The molecule has 0 heterocycles. The molecule has 0 atom stereocenters. The van der Waals surface area contributed by atoms with Crippen LogP contribution < -0.4 is 9.47 Å². The summed E-state index contributed by atoms with van der Waals surface area (Å²) in [6, 6.07) is 5.04. The Bertz CT molecular complexity index is 937. The number of phenolic OH excluding ortho intramolecular Hbond substituents is 3. The highest BCUT2D eigenvalue weighted by atomic mass is 16.5. The Morgan fingerprint density at radius 3 is 2.30 bits per heavy atom. The highest BCUT2D eigenvalue weighted by Gasteiger charge is 2.21. The fourth-order valence-electron chi connectivity index (χ4n) is 3.55. The van der Waals surface area contributed by atoms with E-state index in [2.05, 4.69) is 0 Å². The van der Waals surface area contributed by atoms with Crippen LogP contribution in [-0.2, 0) is 11.2 Å². The van der Waals surface area contributed by atoms with Gasteiger partial charge in [-0.05, 0) is 75.3 Å². The van der Waals surface area contributed by atoms with Gasteiger partial charge < -0.3 is 29.5 Å². The van der Waals surface area contributed by atoms with Gasteiger partial charge in [0.1, 0.15) is 5.56 Å². The van der Waals surface area contributed by atoms with Crippen molar-refractivity contribution >= 4 is 5.97 Å². The molecule has 33 heavy (non-hydrogen) atoms. The van der Waals surface area contributed by atoms with Gasteiger partial charge >= 0.3 is 5.97 Å². The highest BCUT2D eigenvalue weighted by Crippen LogP contribution is 2.40. The largest absolute Gasteiger partial charge is 0.504 e. The molecule has 0 amide bonds. The molecule has 7 nitrogen and oxygen atoms in total. The average molecular weight is 461 g/mol. The molecular formula is C26H36O7. The number of carbonyl (C=O) groups is 1. The summed E-state index contributed by atoms with van der Waals surface area (Å²) in [6.45, 7) is 8.33. The van der Waals surface area contributed by atoms with Gasteiger partial charge in [-0.3, -0.25) is 0 Å². The van der Waals surface area contributed by atoms with E-state index >= 15 is 0 Å². The molecule has 0 unspecified atom stereocenters. The number of hydrogen-bond donors (Lipinski definition) is 3. The van der Waals surface area contributed by atoms with Gasteiger partial charge in [0.2, 0.25) is 5.75 Å². The quantitative estimate of drug-likeness (QED) is 0.204. The third-order valence-electron chi connectivity index (χ3n) is 5.46. The Morgan fingerprint density at radius 1 is 0.879 bits per heavy atom. The molecule has 0 bridgehead atoms. The lowest BCUT2D eigenvalue weighted by Gasteiger charge is -2.16. The lowest BCUT2D eigenvalue weighted by molar-refractivity contribution is 0.0522. The van der Waals surface area contributed by atoms with E-state index in [0.29, 0.717) is 24.5 Å². The molecule has 0 radical (unpaired) electrons. The lowest BCUT2D eigenvalue weighted by Crippen LogP contribution is -2.08. The Balaban J connectivity index is 1.86. The fourth-order valence-corrected chi connectivity index (χ4v) is 3.55. The van der Waals surface area contributed by atoms with Gasteiger partial charge in [-0.2, -0.15) is 0 Å². The van der Waals surface area contributed by atoms with Crippen molar-refractivity contribution in [3.8, 4) is 28.7 Å². The molecule has 0 aliphatic rings. The summed E-state index contributed by atoms with van der Waals surface area (Å²) in [5, 5.41) is 30.3. The summed E-state index contributed by atoms with van der Waals surface area (Å²) in [7, 11) is 0. The summed E-state index contributed by atoms with van der Waals surface area (Å²) in [4.78, 5) is 12.0. The van der Waals surface area contributed by atoms with Gasteiger partial charge in [0.05, 0.1) is 19.8 Å². The second-order valence-corrected chi connectivity index (χ2v) is 8.05. The van der Waals surface area contributed by atoms with E-state index < -0.39 is 5.97 Å². The number of rotatable bonds is 13. The molecule has 0 aromatic heterocycles. The summed E-state index contributed by atoms with van der Waals surface area (Å²) in [5.41, 5.74) is 2.52. The number of unbranched alkanes of at least 4 members (excludes halogenated alkanes) is 3. The Labute approximate surface area is 195 Å². The van der Waals surface area contributed by atoms with Crippen LogP contribution in [0.2, 0.25) is 0 Å². The maximum absolute atomic E-state index is 12.0. The van der Waals surface area contributed by atoms with Gasteiger partial charge in [-0.15, -0.1) is 0 Å². The summed E-state index contributed by atoms with van der Waals surface area (Å²) in [5.74, 6) is -0.369. The minimum Gasteiger partial charge on any atom is -0.504 e. The summed E-state index contributed by atoms with van der Waals surface area (Å²) >= 11 is 0. The van der Waals surface area contributed by atoms with Crippen LogP contribution in [-0.4, -0.2) is 41.1 Å². The summed E-state index contributed by atoms with van der Waals surface area (Å²) < 4.78 is 16.5. The highest BCUT2D eigenvalue weighted by molar-refractivity contribution is 5.94. The average Bonchev–Trinajstić information content (AvgIpc) is 2.79. The van der Waals surface area contributed by atoms with Crippen molar-refractivity contribution in [1.29, 1.82) is 0 Å². The van der Waals surface area contributed by atoms with Crippen LogP contribution in [0.15, 0.2) is 18.2 Å². The van der Waals surface area contributed by atoms with Gasteiger partial charge in [0, 0.05) is 0 Å². The van der Waals surface area contributed by atoms with E-state index in [1.165, 1.54) is 6.07 Å². The number of aryl methyl sites for hydroxylation is 2. The Morgan fingerprint density at radius 2 is 1.61 bits per heavy atom. The van der Waals surface area contributed by atoms with Crippen LogP contribution >= 0.6 is 0 Å². The number of esters is 1. The van der Waals surface area contributed by atoms with Gasteiger partial charge in [0.15, 0.2) is 23.0 Å². The predicted octanol–water partition coefficient (Wildman–Crippen LogP) is 5.57. The molecular weight excluding hydrogens is 424 g/mol. The van der Waals surface area contributed by atoms with Gasteiger partial charge in [-0.1, -0.05) is 25.8 Å². The molecule has 0 fully saturated rings. The van der Waals surface area contributed by atoms with Crippen LogP contribution in [0.1, 0.15) is 73.0 Å². The van der Waals surface area contributed by atoms with E-state index in [4.69, 9.17) is 14.2 Å².